The lowest BCUT2D eigenvalue weighted by Gasteiger charge is -2.08. The number of hydrogen-bond donors (Lipinski definition) is 0. The molecule has 3 nitrogen and oxygen atoms in total. The third kappa shape index (κ3) is 3.67. The molecule has 0 aliphatic heterocycles. The summed E-state index contributed by atoms with van der Waals surface area (Å²) >= 11 is 3.32. The van der Waals surface area contributed by atoms with Crippen LogP contribution >= 0.6 is 15.9 Å². The Bertz CT molecular complexity index is 546. The van der Waals surface area contributed by atoms with Crippen LogP contribution in [0.2, 0.25) is 0 Å². The lowest BCUT2D eigenvalue weighted by atomic mass is 10.2. The van der Waals surface area contributed by atoms with Crippen molar-refractivity contribution in [1.29, 1.82) is 0 Å². The van der Waals surface area contributed by atoms with Gasteiger partial charge in [0.1, 0.15) is 12.4 Å². The highest BCUT2D eigenvalue weighted by Crippen LogP contribution is 2.19. The van der Waals surface area contributed by atoms with Crippen molar-refractivity contribution in [3.63, 3.8) is 0 Å². The molecule has 1 heterocycles. The van der Waals surface area contributed by atoms with Gasteiger partial charge in [0, 0.05) is 5.33 Å². The monoisotopic (exact) mass is 325 g/mol. The van der Waals surface area contributed by atoms with E-state index in [1.807, 2.05) is 12.1 Å². The van der Waals surface area contributed by atoms with E-state index in [1.165, 1.54) is 13.2 Å². The first kappa shape index (κ1) is 13.8. The van der Waals surface area contributed by atoms with Crippen LogP contribution in [0.3, 0.4) is 0 Å². The van der Waals surface area contributed by atoms with Crippen molar-refractivity contribution in [2.75, 3.05) is 7.11 Å². The molecular formula is C14H13BrFNO2. The molecule has 0 saturated heterocycles. The fourth-order valence-corrected chi connectivity index (χ4v) is 1.87. The van der Waals surface area contributed by atoms with Crippen LogP contribution in [0.25, 0.3) is 0 Å². The van der Waals surface area contributed by atoms with E-state index in [4.69, 9.17) is 9.47 Å². The topological polar surface area (TPSA) is 31.4 Å². The van der Waals surface area contributed by atoms with Crippen molar-refractivity contribution in [3.8, 4) is 11.5 Å². The average molecular weight is 326 g/mol. The maximum atomic E-state index is 13.5. The molecule has 0 spiro atoms. The second-order valence-electron chi connectivity index (χ2n) is 3.88. The predicted molar refractivity (Wildman–Crippen MR) is 74.2 cm³/mol. The first-order valence-electron chi connectivity index (χ1n) is 5.69. The Morgan fingerprint density at radius 2 is 2.11 bits per heavy atom. The molecule has 0 bridgehead atoms. The lowest BCUT2D eigenvalue weighted by molar-refractivity contribution is 0.303. The second kappa shape index (κ2) is 6.52. The highest BCUT2D eigenvalue weighted by Gasteiger charge is 2.04. The summed E-state index contributed by atoms with van der Waals surface area (Å²) in [5, 5.41) is 0.705. The van der Waals surface area contributed by atoms with Gasteiger partial charge in [-0.2, -0.15) is 0 Å². The summed E-state index contributed by atoms with van der Waals surface area (Å²) in [6, 6.07) is 8.46. The van der Waals surface area contributed by atoms with E-state index in [0.717, 1.165) is 11.3 Å². The minimum absolute atomic E-state index is 0.229. The molecule has 1 aromatic heterocycles. The quantitative estimate of drug-likeness (QED) is 0.785. The molecule has 0 amide bonds. The molecule has 0 atom stereocenters. The zero-order chi connectivity index (χ0) is 13.7. The number of aromatic nitrogens is 1. The molecule has 0 N–H and O–H groups in total. The Labute approximate surface area is 119 Å². The molecule has 0 unspecified atom stereocenters. The highest BCUT2D eigenvalue weighted by atomic mass is 79.9. The van der Waals surface area contributed by atoms with Gasteiger partial charge in [-0.3, -0.25) is 4.98 Å². The number of pyridine rings is 1. The van der Waals surface area contributed by atoms with E-state index in [2.05, 4.69) is 20.9 Å². The van der Waals surface area contributed by atoms with Gasteiger partial charge < -0.3 is 9.47 Å². The van der Waals surface area contributed by atoms with Crippen molar-refractivity contribution < 1.29 is 13.9 Å². The summed E-state index contributed by atoms with van der Waals surface area (Å²) in [5.41, 5.74) is 1.67. The molecule has 2 aromatic rings. The van der Waals surface area contributed by atoms with Crippen molar-refractivity contribution in [1.82, 2.24) is 4.98 Å². The van der Waals surface area contributed by atoms with Crippen molar-refractivity contribution >= 4 is 15.9 Å². The van der Waals surface area contributed by atoms with Crippen LogP contribution in [-0.2, 0) is 11.9 Å². The molecule has 0 saturated carbocycles. The van der Waals surface area contributed by atoms with E-state index < -0.39 is 5.82 Å². The largest absolute Gasteiger partial charge is 0.494 e. The fourth-order valence-electron chi connectivity index (χ4n) is 1.54. The van der Waals surface area contributed by atoms with Crippen LogP contribution in [0.1, 0.15) is 11.3 Å². The van der Waals surface area contributed by atoms with E-state index in [0.29, 0.717) is 11.1 Å². The average Bonchev–Trinajstić information content (AvgIpc) is 2.46. The van der Waals surface area contributed by atoms with Gasteiger partial charge in [0.15, 0.2) is 11.6 Å². The van der Waals surface area contributed by atoms with Gasteiger partial charge in [0.2, 0.25) is 0 Å². The molecule has 0 aliphatic carbocycles. The van der Waals surface area contributed by atoms with Gasteiger partial charge in [-0.1, -0.05) is 22.0 Å². The third-order valence-corrected chi connectivity index (χ3v) is 3.13. The molecule has 100 valence electrons. The van der Waals surface area contributed by atoms with Crippen LogP contribution in [0.5, 0.6) is 11.5 Å². The van der Waals surface area contributed by atoms with Gasteiger partial charge in [-0.15, -0.1) is 0 Å². The standard InChI is InChI=1S/C14H13BrFNO2/c1-18-14-5-2-10(6-13(14)16)9-19-12-4-3-11(7-15)17-8-12/h2-6,8H,7,9H2,1H3. The van der Waals surface area contributed by atoms with Gasteiger partial charge in [-0.05, 0) is 29.8 Å². The van der Waals surface area contributed by atoms with Crippen LogP contribution in [0, 0.1) is 5.82 Å². The molecule has 5 heteroatoms. The Kier molecular flexibility index (Phi) is 4.74. The fraction of sp³-hybridized carbons (Fsp3) is 0.214. The Morgan fingerprint density at radius 3 is 2.68 bits per heavy atom. The van der Waals surface area contributed by atoms with Crippen LogP contribution < -0.4 is 9.47 Å². The summed E-state index contributed by atoms with van der Waals surface area (Å²) in [4.78, 5) is 4.19. The summed E-state index contributed by atoms with van der Waals surface area (Å²) in [7, 11) is 1.44. The predicted octanol–water partition coefficient (Wildman–Crippen LogP) is 3.70. The van der Waals surface area contributed by atoms with E-state index >= 15 is 0 Å². The zero-order valence-corrected chi connectivity index (χ0v) is 12.0. The SMILES string of the molecule is COc1ccc(COc2ccc(CBr)nc2)cc1F. The van der Waals surface area contributed by atoms with Gasteiger partial charge >= 0.3 is 0 Å². The maximum absolute atomic E-state index is 13.5. The molecule has 0 aliphatic rings. The van der Waals surface area contributed by atoms with Gasteiger partial charge in [0.05, 0.1) is 19.0 Å². The normalized spacial score (nSPS) is 10.3. The Morgan fingerprint density at radius 1 is 1.26 bits per heavy atom. The summed E-state index contributed by atoms with van der Waals surface area (Å²) in [6.07, 6.45) is 1.65. The number of rotatable bonds is 5. The Hall–Kier alpha value is -1.62. The summed E-state index contributed by atoms with van der Waals surface area (Å²) < 4.78 is 23.9. The Balaban J connectivity index is 1.99. The third-order valence-electron chi connectivity index (χ3n) is 2.56. The maximum Gasteiger partial charge on any atom is 0.165 e. The number of hydrogen-bond acceptors (Lipinski definition) is 3. The van der Waals surface area contributed by atoms with Crippen molar-refractivity contribution in [2.24, 2.45) is 0 Å². The molecule has 2 rings (SSSR count). The van der Waals surface area contributed by atoms with E-state index in [-0.39, 0.29) is 12.4 Å². The summed E-state index contributed by atoms with van der Waals surface area (Å²) in [5.74, 6) is 0.490. The first-order chi connectivity index (χ1) is 9.22. The smallest absolute Gasteiger partial charge is 0.165 e. The summed E-state index contributed by atoms with van der Waals surface area (Å²) in [6.45, 7) is 0.288. The van der Waals surface area contributed by atoms with Crippen molar-refractivity contribution in [3.05, 3.63) is 53.6 Å². The minimum Gasteiger partial charge on any atom is -0.494 e. The molecule has 19 heavy (non-hydrogen) atoms. The molecule has 0 radical (unpaired) electrons. The molecule has 0 fully saturated rings. The highest BCUT2D eigenvalue weighted by molar-refractivity contribution is 9.08. The lowest BCUT2D eigenvalue weighted by Crippen LogP contribution is -1.98. The number of alkyl halides is 1. The second-order valence-corrected chi connectivity index (χ2v) is 4.44. The van der Waals surface area contributed by atoms with E-state index in [1.54, 1.807) is 18.3 Å². The molecular weight excluding hydrogens is 313 g/mol. The van der Waals surface area contributed by atoms with Crippen LogP contribution in [-0.4, -0.2) is 12.1 Å². The minimum atomic E-state index is -0.392. The van der Waals surface area contributed by atoms with Crippen LogP contribution in [0.15, 0.2) is 36.5 Å². The first-order valence-corrected chi connectivity index (χ1v) is 6.81. The molecule has 1 aromatic carbocycles. The number of benzene rings is 1. The van der Waals surface area contributed by atoms with Crippen molar-refractivity contribution in [2.45, 2.75) is 11.9 Å². The van der Waals surface area contributed by atoms with Gasteiger partial charge in [0.25, 0.3) is 0 Å². The van der Waals surface area contributed by atoms with Gasteiger partial charge in [-0.25, -0.2) is 4.39 Å². The zero-order valence-electron chi connectivity index (χ0n) is 10.4. The van der Waals surface area contributed by atoms with E-state index in [9.17, 15) is 4.39 Å². The number of methoxy groups -OCH3 is 1. The van der Waals surface area contributed by atoms with Crippen LogP contribution in [0.4, 0.5) is 4.39 Å². The number of halogens is 2. The number of ether oxygens (including phenoxy) is 2. The number of nitrogens with zero attached hydrogens (tertiary/aromatic N) is 1.